The molecule has 0 aliphatic heterocycles. The Hall–Kier alpha value is -0.920. The van der Waals surface area contributed by atoms with Crippen LogP contribution in [0.15, 0.2) is 22.3 Å². The van der Waals surface area contributed by atoms with Crippen LogP contribution in [0, 0.1) is 0 Å². The second-order valence-corrected chi connectivity index (χ2v) is 2.25. The number of allylic oxidation sites excluding steroid dienone is 1. The van der Waals surface area contributed by atoms with Crippen LogP contribution in [0.1, 0.15) is 41.0 Å². The maximum atomic E-state index is 3.97. The smallest absolute Gasteiger partial charge is 0.124 e. The molecule has 0 fully saturated rings. The van der Waals surface area contributed by atoms with Crippen LogP contribution in [0.5, 0.6) is 0 Å². The topological polar surface area (TPSA) is 24.7 Å². The zero-order valence-corrected chi connectivity index (χ0v) is 8.83. The molecule has 0 unspecified atom stereocenters. The van der Waals surface area contributed by atoms with E-state index in [1.54, 1.807) is 12.4 Å². The van der Waals surface area contributed by atoms with Crippen molar-refractivity contribution < 1.29 is 0 Å². The van der Waals surface area contributed by atoms with E-state index in [1.807, 2.05) is 26.8 Å². The summed E-state index contributed by atoms with van der Waals surface area (Å²) in [4.78, 5) is 7.91. The van der Waals surface area contributed by atoms with Gasteiger partial charge < -0.3 is 0 Å². The third-order valence-corrected chi connectivity index (χ3v) is 0.726. The first-order valence-electron chi connectivity index (χ1n) is 4.37. The molecule has 0 aliphatic carbocycles. The first-order valence-corrected chi connectivity index (χ1v) is 4.37. The highest BCUT2D eigenvalue weighted by Gasteiger charge is 1.75. The highest BCUT2D eigenvalue weighted by Crippen LogP contribution is 1.80. The summed E-state index contributed by atoms with van der Waals surface area (Å²) < 4.78 is 0. The molecule has 2 nitrogen and oxygen atoms in total. The van der Waals surface area contributed by atoms with Crippen molar-refractivity contribution in [1.29, 1.82) is 0 Å². The van der Waals surface area contributed by atoms with Gasteiger partial charge in [0.25, 0.3) is 0 Å². The Morgan fingerprint density at radius 1 is 1.25 bits per heavy atom. The lowest BCUT2D eigenvalue weighted by Gasteiger charge is -1.83. The van der Waals surface area contributed by atoms with E-state index >= 15 is 0 Å². The molecule has 12 heavy (non-hydrogen) atoms. The standard InChI is InChI=1S/C7H12N2.C3H8/c1-4-6-9-7(3)8-5-2;1-3-2/h4-6H,1-3H3;3H2,1-2H3/b6-4-,8-5?,9-7?;. The maximum absolute atomic E-state index is 3.97. The van der Waals surface area contributed by atoms with Crippen LogP contribution in [0.3, 0.4) is 0 Å². The van der Waals surface area contributed by atoms with E-state index in [1.165, 1.54) is 6.42 Å². The second kappa shape index (κ2) is 12.7. The Kier molecular flexibility index (Phi) is 14.5. The molecule has 0 aliphatic rings. The molecule has 0 rings (SSSR count). The molecule has 0 aromatic carbocycles. The summed E-state index contributed by atoms with van der Waals surface area (Å²) >= 11 is 0. The minimum atomic E-state index is 0.788. The molecule has 0 amide bonds. The van der Waals surface area contributed by atoms with Gasteiger partial charge in [-0.1, -0.05) is 26.3 Å². The van der Waals surface area contributed by atoms with Crippen LogP contribution < -0.4 is 0 Å². The van der Waals surface area contributed by atoms with Gasteiger partial charge in [-0.15, -0.1) is 0 Å². The Labute approximate surface area is 76.1 Å². The predicted molar refractivity (Wildman–Crippen MR) is 58.1 cm³/mol. The largest absolute Gasteiger partial charge is 0.246 e. The van der Waals surface area contributed by atoms with Crippen LogP contribution in [0.25, 0.3) is 0 Å². The summed E-state index contributed by atoms with van der Waals surface area (Å²) in [6.07, 6.45) is 6.57. The minimum absolute atomic E-state index is 0.788. The highest BCUT2D eigenvalue weighted by atomic mass is 14.9. The van der Waals surface area contributed by atoms with Gasteiger partial charge in [0.1, 0.15) is 5.84 Å². The zero-order valence-electron chi connectivity index (χ0n) is 8.83. The number of nitrogens with zero attached hydrogens (tertiary/aromatic N) is 2. The minimum Gasteiger partial charge on any atom is -0.246 e. The Morgan fingerprint density at radius 3 is 2.08 bits per heavy atom. The molecule has 0 aromatic rings. The first kappa shape index (κ1) is 13.7. The van der Waals surface area contributed by atoms with Gasteiger partial charge in [-0.2, -0.15) is 0 Å². The Morgan fingerprint density at radius 2 is 1.75 bits per heavy atom. The van der Waals surface area contributed by atoms with Crippen molar-refractivity contribution in [3.63, 3.8) is 0 Å². The second-order valence-electron chi connectivity index (χ2n) is 2.25. The fourth-order valence-electron chi connectivity index (χ4n) is 0.403. The molecule has 0 bridgehead atoms. The van der Waals surface area contributed by atoms with E-state index in [-0.39, 0.29) is 0 Å². The molecular formula is C10H20N2. The fraction of sp³-hybridized carbons (Fsp3) is 0.600. The Balaban J connectivity index is 0. The van der Waals surface area contributed by atoms with Gasteiger partial charge in [0, 0.05) is 12.4 Å². The molecule has 0 aromatic heterocycles. The maximum Gasteiger partial charge on any atom is 0.124 e. The lowest BCUT2D eigenvalue weighted by Crippen LogP contribution is -1.81. The fourth-order valence-corrected chi connectivity index (χ4v) is 0.403. The number of amidine groups is 1. The number of aliphatic imine (C=N–C) groups is 2. The van der Waals surface area contributed by atoms with Crippen LogP contribution in [-0.4, -0.2) is 12.1 Å². The predicted octanol–water partition coefficient (Wildman–Crippen LogP) is 3.45. The third kappa shape index (κ3) is 16.0. The summed E-state index contributed by atoms with van der Waals surface area (Å²) in [7, 11) is 0. The van der Waals surface area contributed by atoms with Crippen molar-refractivity contribution in [3.05, 3.63) is 12.3 Å². The lowest BCUT2D eigenvalue weighted by molar-refractivity contribution is 1.09. The highest BCUT2D eigenvalue weighted by molar-refractivity contribution is 5.87. The van der Waals surface area contributed by atoms with E-state index in [0.717, 1.165) is 5.84 Å². The molecular weight excluding hydrogens is 148 g/mol. The molecule has 0 radical (unpaired) electrons. The van der Waals surface area contributed by atoms with Crippen molar-refractivity contribution >= 4 is 12.1 Å². The zero-order chi connectivity index (χ0) is 9.82. The number of hydrogen-bond donors (Lipinski definition) is 0. The van der Waals surface area contributed by atoms with Gasteiger partial charge >= 0.3 is 0 Å². The summed E-state index contributed by atoms with van der Waals surface area (Å²) in [6.45, 7) is 9.90. The summed E-state index contributed by atoms with van der Waals surface area (Å²) in [5.41, 5.74) is 0. The van der Waals surface area contributed by atoms with Crippen molar-refractivity contribution in [1.82, 2.24) is 0 Å². The van der Waals surface area contributed by atoms with Gasteiger partial charge in [-0.05, 0) is 20.8 Å². The molecule has 0 saturated heterocycles. The molecule has 70 valence electrons. The van der Waals surface area contributed by atoms with E-state index in [4.69, 9.17) is 0 Å². The van der Waals surface area contributed by atoms with Crippen molar-refractivity contribution in [2.45, 2.75) is 41.0 Å². The van der Waals surface area contributed by atoms with Crippen LogP contribution in [0.2, 0.25) is 0 Å². The van der Waals surface area contributed by atoms with Crippen molar-refractivity contribution in [2.75, 3.05) is 0 Å². The lowest BCUT2D eigenvalue weighted by atomic mass is 10.6. The SMILES string of the molecule is CC=NC(C)=N/C=C\C.CCC. The summed E-state index contributed by atoms with van der Waals surface area (Å²) in [6, 6.07) is 0. The van der Waals surface area contributed by atoms with Gasteiger partial charge in [-0.25, -0.2) is 9.98 Å². The molecule has 0 heterocycles. The van der Waals surface area contributed by atoms with Crippen LogP contribution >= 0.6 is 0 Å². The molecule has 0 spiro atoms. The first-order chi connectivity index (χ1) is 5.72. The third-order valence-electron chi connectivity index (χ3n) is 0.726. The molecule has 0 atom stereocenters. The van der Waals surface area contributed by atoms with Crippen molar-refractivity contribution in [2.24, 2.45) is 9.98 Å². The van der Waals surface area contributed by atoms with E-state index in [9.17, 15) is 0 Å². The number of hydrogen-bond acceptors (Lipinski definition) is 1. The summed E-state index contributed by atoms with van der Waals surface area (Å²) in [5, 5.41) is 0. The van der Waals surface area contributed by atoms with Crippen LogP contribution in [-0.2, 0) is 0 Å². The average molecular weight is 168 g/mol. The van der Waals surface area contributed by atoms with E-state index in [2.05, 4.69) is 23.8 Å². The van der Waals surface area contributed by atoms with Gasteiger partial charge in [0.15, 0.2) is 0 Å². The van der Waals surface area contributed by atoms with Gasteiger partial charge in [0.2, 0.25) is 0 Å². The molecule has 0 saturated carbocycles. The van der Waals surface area contributed by atoms with E-state index in [0.29, 0.717) is 0 Å². The Bertz CT molecular complexity index is 155. The molecule has 0 N–H and O–H groups in total. The molecule has 2 heteroatoms. The average Bonchev–Trinajstić information content (AvgIpc) is 2.03. The normalized spacial score (nSPS) is 11.9. The quantitative estimate of drug-likeness (QED) is 0.423. The summed E-state index contributed by atoms with van der Waals surface area (Å²) in [5.74, 6) is 0.788. The van der Waals surface area contributed by atoms with E-state index < -0.39 is 0 Å². The number of rotatable bonds is 1. The van der Waals surface area contributed by atoms with Gasteiger partial charge in [0.05, 0.1) is 0 Å². The van der Waals surface area contributed by atoms with Gasteiger partial charge in [-0.3, -0.25) is 0 Å². The van der Waals surface area contributed by atoms with Crippen molar-refractivity contribution in [3.8, 4) is 0 Å². The monoisotopic (exact) mass is 168 g/mol. The van der Waals surface area contributed by atoms with Crippen LogP contribution in [0.4, 0.5) is 0 Å².